The van der Waals surface area contributed by atoms with Crippen molar-refractivity contribution < 1.29 is 14.3 Å². The lowest BCUT2D eigenvalue weighted by atomic mass is 10.2. The number of amides is 1. The fraction of sp³-hybridized carbons (Fsp3) is 0.308. The SMILES string of the molecule is C=CC(=O)NCc1cccc2c1OCCCO2. The molecule has 17 heavy (non-hydrogen) atoms. The van der Waals surface area contributed by atoms with Gasteiger partial charge in [-0.1, -0.05) is 18.7 Å². The first-order valence-electron chi connectivity index (χ1n) is 5.59. The number of fused-ring (bicyclic) bond motifs is 1. The van der Waals surface area contributed by atoms with Crippen LogP contribution >= 0.6 is 0 Å². The second-order valence-corrected chi connectivity index (χ2v) is 3.72. The Morgan fingerprint density at radius 3 is 3.06 bits per heavy atom. The fourth-order valence-electron chi connectivity index (χ4n) is 1.65. The van der Waals surface area contributed by atoms with Crippen LogP contribution in [0.25, 0.3) is 0 Å². The number of benzene rings is 1. The minimum Gasteiger partial charge on any atom is -0.490 e. The van der Waals surface area contributed by atoms with Crippen LogP contribution in [0.4, 0.5) is 0 Å². The Hall–Kier alpha value is -1.97. The summed E-state index contributed by atoms with van der Waals surface area (Å²) in [6, 6.07) is 5.68. The molecule has 1 aromatic carbocycles. The Labute approximate surface area is 100 Å². The highest BCUT2D eigenvalue weighted by atomic mass is 16.5. The number of hydrogen-bond acceptors (Lipinski definition) is 3. The molecular formula is C13H15NO3. The molecule has 0 aromatic heterocycles. The second kappa shape index (κ2) is 5.39. The van der Waals surface area contributed by atoms with Crippen LogP contribution in [-0.2, 0) is 11.3 Å². The third-order valence-corrected chi connectivity index (χ3v) is 2.49. The molecular weight excluding hydrogens is 218 g/mol. The molecule has 0 saturated carbocycles. The van der Waals surface area contributed by atoms with E-state index < -0.39 is 0 Å². The van der Waals surface area contributed by atoms with E-state index in [1.807, 2.05) is 18.2 Å². The molecule has 0 atom stereocenters. The minimum atomic E-state index is -0.197. The third-order valence-electron chi connectivity index (χ3n) is 2.49. The average molecular weight is 233 g/mol. The number of hydrogen-bond donors (Lipinski definition) is 1. The lowest BCUT2D eigenvalue weighted by Crippen LogP contribution is -2.20. The van der Waals surface area contributed by atoms with Crippen molar-refractivity contribution >= 4 is 5.91 Å². The molecule has 1 aliphatic rings. The second-order valence-electron chi connectivity index (χ2n) is 3.72. The van der Waals surface area contributed by atoms with Gasteiger partial charge in [-0.25, -0.2) is 0 Å². The van der Waals surface area contributed by atoms with Gasteiger partial charge in [-0.3, -0.25) is 4.79 Å². The molecule has 0 unspecified atom stereocenters. The van der Waals surface area contributed by atoms with Crippen LogP contribution < -0.4 is 14.8 Å². The van der Waals surface area contributed by atoms with Crippen LogP contribution in [0, 0.1) is 0 Å². The zero-order valence-corrected chi connectivity index (χ0v) is 9.57. The average Bonchev–Trinajstić information content (AvgIpc) is 2.61. The highest BCUT2D eigenvalue weighted by Crippen LogP contribution is 2.32. The van der Waals surface area contributed by atoms with Gasteiger partial charge in [-0.05, 0) is 12.1 Å². The Kier molecular flexibility index (Phi) is 3.65. The fourth-order valence-corrected chi connectivity index (χ4v) is 1.65. The molecule has 4 heteroatoms. The highest BCUT2D eigenvalue weighted by Gasteiger charge is 2.14. The Bertz CT molecular complexity index is 429. The predicted molar refractivity (Wildman–Crippen MR) is 64.1 cm³/mol. The summed E-state index contributed by atoms with van der Waals surface area (Å²) in [6.45, 7) is 5.12. The van der Waals surface area contributed by atoms with Crippen LogP contribution in [0.15, 0.2) is 30.9 Å². The van der Waals surface area contributed by atoms with Gasteiger partial charge in [-0.2, -0.15) is 0 Å². The normalized spacial score (nSPS) is 13.6. The Balaban J connectivity index is 2.16. The van der Waals surface area contributed by atoms with Crippen LogP contribution in [0.2, 0.25) is 0 Å². The van der Waals surface area contributed by atoms with Crippen LogP contribution in [0.3, 0.4) is 0 Å². The molecule has 1 heterocycles. The third kappa shape index (κ3) is 2.78. The summed E-state index contributed by atoms with van der Waals surface area (Å²) in [4.78, 5) is 11.1. The molecule has 1 aromatic rings. The molecule has 0 aliphatic carbocycles. The number of para-hydroxylation sites is 1. The van der Waals surface area contributed by atoms with Crippen LogP contribution in [-0.4, -0.2) is 19.1 Å². The molecule has 1 N–H and O–H groups in total. The van der Waals surface area contributed by atoms with Crippen molar-refractivity contribution in [1.29, 1.82) is 0 Å². The van der Waals surface area contributed by atoms with E-state index in [0.717, 1.165) is 23.5 Å². The van der Waals surface area contributed by atoms with E-state index in [-0.39, 0.29) is 5.91 Å². The zero-order valence-electron chi connectivity index (χ0n) is 9.57. The Morgan fingerprint density at radius 2 is 2.24 bits per heavy atom. The summed E-state index contributed by atoms with van der Waals surface area (Å²) < 4.78 is 11.2. The monoisotopic (exact) mass is 233 g/mol. The van der Waals surface area contributed by atoms with Gasteiger partial charge >= 0.3 is 0 Å². The Morgan fingerprint density at radius 1 is 1.41 bits per heavy atom. The summed E-state index contributed by atoms with van der Waals surface area (Å²) in [5, 5.41) is 2.73. The zero-order chi connectivity index (χ0) is 12.1. The molecule has 2 rings (SSSR count). The van der Waals surface area contributed by atoms with Gasteiger partial charge in [0.2, 0.25) is 5.91 Å². The van der Waals surface area contributed by atoms with Gasteiger partial charge in [-0.15, -0.1) is 0 Å². The molecule has 0 bridgehead atoms. The largest absolute Gasteiger partial charge is 0.490 e. The van der Waals surface area contributed by atoms with E-state index in [4.69, 9.17) is 9.47 Å². The number of carbonyl (C=O) groups is 1. The van der Waals surface area contributed by atoms with E-state index in [0.29, 0.717) is 19.8 Å². The summed E-state index contributed by atoms with van der Waals surface area (Å²) in [7, 11) is 0. The molecule has 90 valence electrons. The van der Waals surface area contributed by atoms with Crippen LogP contribution in [0.1, 0.15) is 12.0 Å². The maximum atomic E-state index is 11.1. The topological polar surface area (TPSA) is 47.6 Å². The smallest absolute Gasteiger partial charge is 0.243 e. The summed E-state index contributed by atoms with van der Waals surface area (Å²) in [6.07, 6.45) is 2.12. The first kappa shape index (κ1) is 11.5. The van der Waals surface area contributed by atoms with Crippen molar-refractivity contribution in [2.24, 2.45) is 0 Å². The van der Waals surface area contributed by atoms with Gasteiger partial charge in [0.1, 0.15) is 0 Å². The van der Waals surface area contributed by atoms with E-state index in [9.17, 15) is 4.79 Å². The highest BCUT2D eigenvalue weighted by molar-refractivity contribution is 5.86. The minimum absolute atomic E-state index is 0.197. The van der Waals surface area contributed by atoms with E-state index in [1.54, 1.807) is 0 Å². The van der Waals surface area contributed by atoms with Crippen LogP contribution in [0.5, 0.6) is 11.5 Å². The number of ether oxygens (including phenoxy) is 2. The molecule has 1 aliphatic heterocycles. The number of nitrogens with one attached hydrogen (secondary N) is 1. The van der Waals surface area contributed by atoms with Crippen molar-refractivity contribution in [3.63, 3.8) is 0 Å². The molecule has 0 saturated heterocycles. The van der Waals surface area contributed by atoms with Crippen molar-refractivity contribution in [2.75, 3.05) is 13.2 Å². The van der Waals surface area contributed by atoms with Gasteiger partial charge in [0.05, 0.1) is 13.2 Å². The van der Waals surface area contributed by atoms with Gasteiger partial charge in [0.25, 0.3) is 0 Å². The molecule has 4 nitrogen and oxygen atoms in total. The first-order valence-corrected chi connectivity index (χ1v) is 5.59. The standard InChI is InChI=1S/C13H15NO3/c1-2-12(15)14-9-10-5-3-6-11-13(10)17-8-4-7-16-11/h2-3,5-6H,1,4,7-9H2,(H,14,15). The maximum absolute atomic E-state index is 11.1. The maximum Gasteiger partial charge on any atom is 0.243 e. The van der Waals surface area contributed by atoms with Crippen molar-refractivity contribution in [3.05, 3.63) is 36.4 Å². The lowest BCUT2D eigenvalue weighted by molar-refractivity contribution is -0.116. The summed E-state index contributed by atoms with van der Waals surface area (Å²) in [5.41, 5.74) is 0.916. The lowest BCUT2D eigenvalue weighted by Gasteiger charge is -2.12. The van der Waals surface area contributed by atoms with Crippen molar-refractivity contribution in [2.45, 2.75) is 13.0 Å². The van der Waals surface area contributed by atoms with Crippen molar-refractivity contribution in [1.82, 2.24) is 5.32 Å². The molecule has 0 radical (unpaired) electrons. The van der Waals surface area contributed by atoms with Gasteiger partial charge < -0.3 is 14.8 Å². The first-order chi connectivity index (χ1) is 8.31. The van der Waals surface area contributed by atoms with E-state index in [1.165, 1.54) is 6.08 Å². The summed E-state index contributed by atoms with van der Waals surface area (Å²) >= 11 is 0. The van der Waals surface area contributed by atoms with Gasteiger partial charge in [0.15, 0.2) is 11.5 Å². The van der Waals surface area contributed by atoms with Crippen molar-refractivity contribution in [3.8, 4) is 11.5 Å². The molecule has 1 amide bonds. The van der Waals surface area contributed by atoms with E-state index in [2.05, 4.69) is 11.9 Å². The summed E-state index contributed by atoms with van der Waals surface area (Å²) in [5.74, 6) is 1.28. The van der Waals surface area contributed by atoms with E-state index >= 15 is 0 Å². The van der Waals surface area contributed by atoms with Gasteiger partial charge in [0, 0.05) is 18.5 Å². The molecule has 0 spiro atoms. The number of carbonyl (C=O) groups excluding carboxylic acids is 1. The molecule has 0 fully saturated rings. The quantitative estimate of drug-likeness (QED) is 0.807. The predicted octanol–water partition coefficient (Wildman–Crippen LogP) is 1.65. The number of rotatable bonds is 3.